The second-order valence-electron chi connectivity index (χ2n) is 12.2. The molecular formula is C32H47N3O5. The number of methoxy groups -OCH3 is 1. The second kappa shape index (κ2) is 13.7. The molecule has 0 saturated carbocycles. The quantitative estimate of drug-likeness (QED) is 0.325. The first kappa shape index (κ1) is 32.7. The molecule has 8 nitrogen and oxygen atoms in total. The predicted octanol–water partition coefficient (Wildman–Crippen LogP) is 6.64. The highest BCUT2D eigenvalue weighted by atomic mass is 16.6. The lowest BCUT2D eigenvalue weighted by molar-refractivity contribution is -0.148. The number of carbonyl (C=O) groups is 3. The van der Waals surface area contributed by atoms with Gasteiger partial charge in [-0.15, -0.1) is 0 Å². The molecule has 2 aromatic carbocycles. The molecule has 0 aliphatic heterocycles. The molecule has 0 spiro atoms. The van der Waals surface area contributed by atoms with Crippen molar-refractivity contribution in [1.82, 2.24) is 10.2 Å². The summed E-state index contributed by atoms with van der Waals surface area (Å²) in [5, 5.41) is 5.81. The van der Waals surface area contributed by atoms with Gasteiger partial charge in [-0.3, -0.25) is 9.59 Å². The van der Waals surface area contributed by atoms with E-state index in [-0.39, 0.29) is 17.7 Å². The van der Waals surface area contributed by atoms with Crippen LogP contribution in [0.4, 0.5) is 10.5 Å². The van der Waals surface area contributed by atoms with Crippen molar-refractivity contribution < 1.29 is 23.9 Å². The van der Waals surface area contributed by atoms with Crippen molar-refractivity contribution in [1.29, 1.82) is 0 Å². The smallest absolute Gasteiger partial charge is 0.408 e. The fraction of sp³-hybridized carbons (Fsp3) is 0.531. The van der Waals surface area contributed by atoms with E-state index in [0.29, 0.717) is 29.8 Å². The minimum atomic E-state index is -0.958. The summed E-state index contributed by atoms with van der Waals surface area (Å²) >= 11 is 0. The standard InChI is InChI=1S/C32H47N3O5/c1-11-32(8,9)35(29(37)26(20-21(2)3)34-30(38)40-31(5,6)7)27(25-15-13-12-14-22(25)4)28(36)33-23-16-18-24(39-10)19-17-23/h12-19,21,26-27H,11,20H2,1-10H3,(H,33,36)(H,34,38). The van der Waals surface area contributed by atoms with Gasteiger partial charge in [0, 0.05) is 11.2 Å². The molecule has 0 aliphatic rings. The zero-order valence-electron chi connectivity index (χ0n) is 25.8. The highest BCUT2D eigenvalue weighted by molar-refractivity contribution is 5.99. The Morgan fingerprint density at radius 2 is 1.55 bits per heavy atom. The Balaban J connectivity index is 2.63. The minimum absolute atomic E-state index is 0.0977. The summed E-state index contributed by atoms with van der Waals surface area (Å²) in [5.74, 6) is 0.0714. The third-order valence-corrected chi connectivity index (χ3v) is 6.80. The first-order valence-corrected chi connectivity index (χ1v) is 13.9. The number of alkyl carbamates (subject to hydrolysis) is 1. The normalized spacial score (nSPS) is 13.3. The molecule has 2 rings (SSSR count). The number of ether oxygens (including phenoxy) is 2. The molecule has 2 atom stereocenters. The molecular weight excluding hydrogens is 506 g/mol. The number of rotatable bonds is 11. The van der Waals surface area contributed by atoms with E-state index < -0.39 is 29.3 Å². The Morgan fingerprint density at radius 3 is 2.05 bits per heavy atom. The lowest BCUT2D eigenvalue weighted by Crippen LogP contribution is -2.59. The maximum atomic E-state index is 14.5. The number of nitrogens with one attached hydrogen (secondary N) is 2. The van der Waals surface area contributed by atoms with E-state index in [1.54, 1.807) is 57.0 Å². The summed E-state index contributed by atoms with van der Waals surface area (Å²) in [7, 11) is 1.58. The van der Waals surface area contributed by atoms with Gasteiger partial charge in [0.25, 0.3) is 5.91 Å². The van der Waals surface area contributed by atoms with Crippen molar-refractivity contribution in [3.63, 3.8) is 0 Å². The van der Waals surface area contributed by atoms with E-state index in [0.717, 1.165) is 5.56 Å². The van der Waals surface area contributed by atoms with E-state index in [9.17, 15) is 14.4 Å². The summed E-state index contributed by atoms with van der Waals surface area (Å²) in [6.45, 7) is 17.1. The minimum Gasteiger partial charge on any atom is -0.497 e. The molecule has 220 valence electrons. The van der Waals surface area contributed by atoms with E-state index in [4.69, 9.17) is 9.47 Å². The van der Waals surface area contributed by atoms with Crippen LogP contribution in [-0.4, -0.2) is 47.1 Å². The Labute approximate surface area is 239 Å². The molecule has 2 unspecified atom stereocenters. The third kappa shape index (κ3) is 9.00. The van der Waals surface area contributed by atoms with Crippen LogP contribution in [0.5, 0.6) is 5.75 Å². The molecule has 2 aromatic rings. The van der Waals surface area contributed by atoms with Crippen LogP contribution in [0.2, 0.25) is 0 Å². The van der Waals surface area contributed by atoms with Gasteiger partial charge in [-0.1, -0.05) is 45.0 Å². The second-order valence-corrected chi connectivity index (χ2v) is 12.2. The Hall–Kier alpha value is -3.55. The van der Waals surface area contributed by atoms with Gasteiger partial charge in [-0.05, 0) is 95.7 Å². The van der Waals surface area contributed by atoms with Crippen molar-refractivity contribution in [2.24, 2.45) is 5.92 Å². The van der Waals surface area contributed by atoms with Gasteiger partial charge >= 0.3 is 6.09 Å². The summed E-state index contributed by atoms with van der Waals surface area (Å²) in [6, 6.07) is 12.8. The summed E-state index contributed by atoms with van der Waals surface area (Å²) < 4.78 is 10.7. The topological polar surface area (TPSA) is 97.0 Å². The summed E-state index contributed by atoms with van der Waals surface area (Å²) in [6.07, 6.45) is 0.295. The highest BCUT2D eigenvalue weighted by Gasteiger charge is 2.43. The van der Waals surface area contributed by atoms with E-state index in [1.165, 1.54) is 0 Å². The maximum Gasteiger partial charge on any atom is 0.408 e. The van der Waals surface area contributed by atoms with Gasteiger partial charge in [0.2, 0.25) is 5.91 Å². The molecule has 0 heterocycles. The Kier molecular flexibility index (Phi) is 11.2. The van der Waals surface area contributed by atoms with Gasteiger partial charge in [0.15, 0.2) is 0 Å². The van der Waals surface area contributed by atoms with E-state index in [1.807, 2.05) is 65.8 Å². The molecule has 8 heteroatoms. The van der Waals surface area contributed by atoms with Gasteiger partial charge in [-0.25, -0.2) is 4.79 Å². The van der Waals surface area contributed by atoms with Crippen LogP contribution in [0.3, 0.4) is 0 Å². The van der Waals surface area contributed by atoms with Crippen LogP contribution in [0.25, 0.3) is 0 Å². The third-order valence-electron chi connectivity index (χ3n) is 6.80. The van der Waals surface area contributed by atoms with Crippen molar-refractivity contribution in [2.75, 3.05) is 12.4 Å². The van der Waals surface area contributed by atoms with Crippen LogP contribution in [-0.2, 0) is 14.3 Å². The number of hydrogen-bond acceptors (Lipinski definition) is 5. The Morgan fingerprint density at radius 1 is 0.950 bits per heavy atom. The monoisotopic (exact) mass is 553 g/mol. The fourth-order valence-electron chi connectivity index (χ4n) is 4.43. The van der Waals surface area contributed by atoms with Crippen LogP contribution >= 0.6 is 0 Å². The molecule has 0 saturated heterocycles. The molecule has 40 heavy (non-hydrogen) atoms. The van der Waals surface area contributed by atoms with E-state index >= 15 is 0 Å². The molecule has 0 radical (unpaired) electrons. The average Bonchev–Trinajstić information content (AvgIpc) is 2.86. The van der Waals surface area contributed by atoms with Crippen molar-refractivity contribution in [3.8, 4) is 5.75 Å². The number of amides is 3. The molecule has 0 aromatic heterocycles. The van der Waals surface area contributed by atoms with Gasteiger partial charge in [0.1, 0.15) is 23.4 Å². The first-order valence-electron chi connectivity index (χ1n) is 13.9. The SMILES string of the molecule is CCC(C)(C)N(C(=O)C(CC(C)C)NC(=O)OC(C)(C)C)C(C(=O)Nc1ccc(OC)cc1)c1ccccc1C. The van der Waals surface area contributed by atoms with Gasteiger partial charge in [0.05, 0.1) is 7.11 Å². The largest absolute Gasteiger partial charge is 0.497 e. The van der Waals surface area contributed by atoms with Crippen molar-refractivity contribution in [3.05, 3.63) is 59.7 Å². The highest BCUT2D eigenvalue weighted by Crippen LogP contribution is 2.35. The number of hydrogen-bond donors (Lipinski definition) is 2. The molecule has 0 fully saturated rings. The number of anilines is 1. The van der Waals surface area contributed by atoms with Crippen LogP contribution in [0.1, 0.15) is 85.4 Å². The zero-order chi connectivity index (χ0) is 30.3. The lowest BCUT2D eigenvalue weighted by atomic mass is 9.89. The fourth-order valence-corrected chi connectivity index (χ4v) is 4.43. The lowest BCUT2D eigenvalue weighted by Gasteiger charge is -2.45. The average molecular weight is 554 g/mol. The number of aryl methyl sites for hydroxylation is 1. The number of carbonyl (C=O) groups excluding carboxylic acids is 3. The molecule has 3 amide bonds. The predicted molar refractivity (Wildman–Crippen MR) is 159 cm³/mol. The van der Waals surface area contributed by atoms with Gasteiger partial charge in [-0.2, -0.15) is 0 Å². The molecule has 2 N–H and O–H groups in total. The Bertz CT molecular complexity index is 1150. The summed E-state index contributed by atoms with van der Waals surface area (Å²) in [4.78, 5) is 43.1. The molecule has 0 bridgehead atoms. The van der Waals surface area contributed by atoms with Crippen LogP contribution in [0.15, 0.2) is 48.5 Å². The number of nitrogens with zero attached hydrogens (tertiary/aromatic N) is 1. The van der Waals surface area contributed by atoms with Crippen LogP contribution in [0, 0.1) is 12.8 Å². The molecule has 0 aliphatic carbocycles. The zero-order valence-corrected chi connectivity index (χ0v) is 25.8. The van der Waals surface area contributed by atoms with E-state index in [2.05, 4.69) is 10.6 Å². The van der Waals surface area contributed by atoms with Gasteiger partial charge < -0.3 is 25.0 Å². The number of benzene rings is 2. The van der Waals surface area contributed by atoms with Crippen molar-refractivity contribution >= 4 is 23.6 Å². The van der Waals surface area contributed by atoms with Crippen LogP contribution < -0.4 is 15.4 Å². The van der Waals surface area contributed by atoms with Crippen molar-refractivity contribution in [2.45, 2.75) is 98.4 Å². The first-order chi connectivity index (χ1) is 18.6. The maximum absolute atomic E-state index is 14.5. The summed E-state index contributed by atoms with van der Waals surface area (Å²) in [5.41, 5.74) is 0.717.